The van der Waals surface area contributed by atoms with Crippen molar-refractivity contribution in [2.45, 2.75) is 19.1 Å². The summed E-state index contributed by atoms with van der Waals surface area (Å²) in [4.78, 5) is 30.8. The molecular weight excluding hydrogens is 260 g/mol. The number of imide groups is 1. The highest BCUT2D eigenvalue weighted by Gasteiger charge is 2.57. The van der Waals surface area contributed by atoms with Crippen LogP contribution in [-0.4, -0.2) is 47.1 Å². The van der Waals surface area contributed by atoms with Crippen molar-refractivity contribution in [2.75, 3.05) is 14.1 Å². The standard InChI is InChI=1S/C14H16N2O4/c1-7-6-8(4-5-9(7)17)11-10-12(20-16(11)3)14(19)15(2)13(10)18/h4-6,10-12,17H,1-3H3. The molecule has 0 aliphatic carbocycles. The van der Waals surface area contributed by atoms with Crippen molar-refractivity contribution in [2.24, 2.45) is 5.92 Å². The van der Waals surface area contributed by atoms with Gasteiger partial charge in [0.1, 0.15) is 5.75 Å². The Hall–Kier alpha value is -1.92. The Morgan fingerprint density at radius 1 is 1.20 bits per heavy atom. The molecule has 0 saturated carbocycles. The van der Waals surface area contributed by atoms with E-state index in [1.54, 1.807) is 31.2 Å². The third-order valence-corrected chi connectivity index (χ3v) is 4.09. The Bertz CT molecular complexity index is 601. The SMILES string of the molecule is Cc1cc(C2C3C(=O)N(C)C(=O)C3ON2C)ccc1O. The van der Waals surface area contributed by atoms with E-state index in [1.807, 2.05) is 6.07 Å². The molecule has 106 valence electrons. The fraction of sp³-hybridized carbons (Fsp3) is 0.429. The number of hydrogen-bond acceptors (Lipinski definition) is 5. The molecule has 20 heavy (non-hydrogen) atoms. The number of aromatic hydroxyl groups is 1. The van der Waals surface area contributed by atoms with E-state index >= 15 is 0 Å². The van der Waals surface area contributed by atoms with Gasteiger partial charge in [-0.05, 0) is 24.1 Å². The third-order valence-electron chi connectivity index (χ3n) is 4.09. The Balaban J connectivity index is 2.02. The van der Waals surface area contributed by atoms with Crippen molar-refractivity contribution in [3.8, 4) is 5.75 Å². The van der Waals surface area contributed by atoms with Crippen LogP contribution in [0.4, 0.5) is 0 Å². The van der Waals surface area contributed by atoms with Crippen LogP contribution in [-0.2, 0) is 14.4 Å². The Labute approximate surface area is 116 Å². The smallest absolute Gasteiger partial charge is 0.261 e. The molecule has 6 heteroatoms. The predicted octanol–water partition coefficient (Wildman–Crippen LogP) is 0.602. The van der Waals surface area contributed by atoms with E-state index in [2.05, 4.69) is 0 Å². The molecule has 2 saturated heterocycles. The number of nitrogens with zero attached hydrogens (tertiary/aromatic N) is 2. The molecule has 2 heterocycles. The van der Waals surface area contributed by atoms with Crippen molar-refractivity contribution in [1.29, 1.82) is 0 Å². The van der Waals surface area contributed by atoms with Crippen molar-refractivity contribution in [3.63, 3.8) is 0 Å². The van der Waals surface area contributed by atoms with E-state index in [0.29, 0.717) is 0 Å². The summed E-state index contributed by atoms with van der Waals surface area (Å²) in [6, 6.07) is 4.85. The highest BCUT2D eigenvalue weighted by Crippen LogP contribution is 2.43. The molecule has 2 amide bonds. The van der Waals surface area contributed by atoms with Gasteiger partial charge in [0.2, 0.25) is 5.91 Å². The number of amides is 2. The second-order valence-electron chi connectivity index (χ2n) is 5.32. The molecule has 0 radical (unpaired) electrons. The lowest BCUT2D eigenvalue weighted by atomic mass is 9.90. The molecule has 2 aliphatic heterocycles. The molecule has 0 aromatic heterocycles. The molecule has 2 aliphatic rings. The maximum Gasteiger partial charge on any atom is 0.261 e. The summed E-state index contributed by atoms with van der Waals surface area (Å²) >= 11 is 0. The summed E-state index contributed by atoms with van der Waals surface area (Å²) in [7, 11) is 3.19. The quantitative estimate of drug-likeness (QED) is 0.761. The number of aryl methyl sites for hydroxylation is 1. The largest absolute Gasteiger partial charge is 0.508 e. The Kier molecular flexibility index (Phi) is 2.81. The first-order valence-electron chi connectivity index (χ1n) is 6.42. The van der Waals surface area contributed by atoms with E-state index in [-0.39, 0.29) is 23.6 Å². The highest BCUT2D eigenvalue weighted by molar-refractivity contribution is 6.07. The summed E-state index contributed by atoms with van der Waals surface area (Å²) in [5, 5.41) is 11.2. The minimum absolute atomic E-state index is 0.206. The number of rotatable bonds is 1. The van der Waals surface area contributed by atoms with Crippen LogP contribution in [0.3, 0.4) is 0 Å². The van der Waals surface area contributed by atoms with Crippen LogP contribution in [0.1, 0.15) is 17.2 Å². The maximum absolute atomic E-state index is 12.2. The van der Waals surface area contributed by atoms with Crippen LogP contribution in [0.15, 0.2) is 18.2 Å². The molecule has 0 spiro atoms. The fourth-order valence-corrected chi connectivity index (χ4v) is 2.97. The normalized spacial score (nSPS) is 30.1. The number of benzene rings is 1. The topological polar surface area (TPSA) is 70.1 Å². The summed E-state index contributed by atoms with van der Waals surface area (Å²) in [5.41, 5.74) is 1.58. The van der Waals surface area contributed by atoms with Crippen LogP contribution < -0.4 is 0 Å². The van der Waals surface area contributed by atoms with Gasteiger partial charge in [0.25, 0.3) is 5.91 Å². The third kappa shape index (κ3) is 1.65. The average molecular weight is 276 g/mol. The lowest BCUT2D eigenvalue weighted by molar-refractivity contribution is -0.168. The van der Waals surface area contributed by atoms with Crippen LogP contribution >= 0.6 is 0 Å². The summed E-state index contributed by atoms with van der Waals surface area (Å²) in [6.45, 7) is 1.79. The van der Waals surface area contributed by atoms with E-state index in [0.717, 1.165) is 16.0 Å². The monoisotopic (exact) mass is 276 g/mol. The maximum atomic E-state index is 12.2. The van der Waals surface area contributed by atoms with E-state index in [9.17, 15) is 14.7 Å². The van der Waals surface area contributed by atoms with E-state index < -0.39 is 12.0 Å². The Morgan fingerprint density at radius 2 is 1.90 bits per heavy atom. The number of likely N-dealkylation sites (tertiary alicyclic amines) is 1. The van der Waals surface area contributed by atoms with E-state index in [1.165, 1.54) is 7.05 Å². The molecule has 3 unspecified atom stereocenters. The van der Waals surface area contributed by atoms with Gasteiger partial charge in [-0.1, -0.05) is 12.1 Å². The number of likely N-dealkylation sites (N-methyl/N-ethyl adjacent to an activating group) is 1. The minimum atomic E-state index is -0.739. The molecule has 2 fully saturated rings. The van der Waals surface area contributed by atoms with Crippen molar-refractivity contribution >= 4 is 11.8 Å². The zero-order valence-electron chi connectivity index (χ0n) is 11.5. The van der Waals surface area contributed by atoms with Crippen molar-refractivity contribution in [3.05, 3.63) is 29.3 Å². The molecule has 0 bridgehead atoms. The average Bonchev–Trinajstić information content (AvgIpc) is 2.85. The number of fused-ring (bicyclic) bond motifs is 1. The number of phenols is 1. The van der Waals surface area contributed by atoms with Gasteiger partial charge in [-0.2, -0.15) is 5.06 Å². The number of hydroxylamine groups is 2. The lowest BCUT2D eigenvalue weighted by Gasteiger charge is -2.23. The first kappa shape index (κ1) is 13.1. The first-order valence-corrected chi connectivity index (χ1v) is 6.42. The zero-order chi connectivity index (χ0) is 14.6. The molecule has 3 atom stereocenters. The fourth-order valence-electron chi connectivity index (χ4n) is 2.97. The Morgan fingerprint density at radius 3 is 2.55 bits per heavy atom. The molecule has 3 rings (SSSR count). The predicted molar refractivity (Wildman–Crippen MR) is 69.5 cm³/mol. The van der Waals surface area contributed by atoms with Gasteiger partial charge < -0.3 is 5.11 Å². The van der Waals surface area contributed by atoms with Gasteiger partial charge in [-0.3, -0.25) is 19.3 Å². The van der Waals surface area contributed by atoms with Gasteiger partial charge in [0.15, 0.2) is 6.10 Å². The summed E-state index contributed by atoms with van der Waals surface area (Å²) < 4.78 is 0. The number of phenolic OH excluding ortho intramolecular Hbond substituents is 1. The molecule has 6 nitrogen and oxygen atoms in total. The van der Waals surface area contributed by atoms with E-state index in [4.69, 9.17) is 4.84 Å². The number of carbonyl (C=O) groups is 2. The van der Waals surface area contributed by atoms with Crippen LogP contribution in [0, 0.1) is 12.8 Å². The highest BCUT2D eigenvalue weighted by atomic mass is 16.7. The van der Waals surface area contributed by atoms with Crippen LogP contribution in [0.5, 0.6) is 5.75 Å². The molecular formula is C14H16N2O4. The minimum Gasteiger partial charge on any atom is -0.508 e. The van der Waals surface area contributed by atoms with Gasteiger partial charge >= 0.3 is 0 Å². The van der Waals surface area contributed by atoms with Crippen LogP contribution in [0.25, 0.3) is 0 Å². The summed E-state index contributed by atoms with van der Waals surface area (Å²) in [6.07, 6.45) is -0.739. The molecule has 1 N–H and O–H groups in total. The summed E-state index contributed by atoms with van der Waals surface area (Å²) in [5.74, 6) is -0.843. The second-order valence-corrected chi connectivity index (χ2v) is 5.32. The lowest BCUT2D eigenvalue weighted by Crippen LogP contribution is -2.33. The van der Waals surface area contributed by atoms with Gasteiger partial charge in [-0.25, -0.2) is 0 Å². The van der Waals surface area contributed by atoms with Crippen LogP contribution in [0.2, 0.25) is 0 Å². The first-order chi connectivity index (χ1) is 9.41. The van der Waals surface area contributed by atoms with Gasteiger partial charge in [0, 0.05) is 14.1 Å². The van der Waals surface area contributed by atoms with Crippen molar-refractivity contribution in [1.82, 2.24) is 9.96 Å². The number of carbonyl (C=O) groups excluding carboxylic acids is 2. The number of hydrogen-bond donors (Lipinski definition) is 1. The van der Waals surface area contributed by atoms with Gasteiger partial charge in [-0.15, -0.1) is 0 Å². The molecule has 1 aromatic rings. The van der Waals surface area contributed by atoms with Gasteiger partial charge in [0.05, 0.1) is 12.0 Å². The molecule has 1 aromatic carbocycles. The second kappa shape index (κ2) is 4.29. The zero-order valence-corrected chi connectivity index (χ0v) is 11.5. The van der Waals surface area contributed by atoms with Crippen molar-refractivity contribution < 1.29 is 19.5 Å².